The van der Waals surface area contributed by atoms with Crippen LogP contribution in [0, 0.1) is 0 Å². The number of hydrogen-bond donors (Lipinski definition) is 0. The third kappa shape index (κ3) is 1.39. The van der Waals surface area contributed by atoms with Crippen LogP contribution in [0.5, 0.6) is 0 Å². The van der Waals surface area contributed by atoms with Gasteiger partial charge in [0.1, 0.15) is 0 Å². The lowest BCUT2D eigenvalue weighted by Crippen LogP contribution is -2.21. The number of hydrogen-bond acceptors (Lipinski definition) is 4. The lowest BCUT2D eigenvalue weighted by atomic mass is 10.0. The Labute approximate surface area is 145 Å². The van der Waals surface area contributed by atoms with Crippen LogP contribution in [0.25, 0.3) is 54.4 Å². The van der Waals surface area contributed by atoms with Gasteiger partial charge in [0, 0.05) is 28.6 Å². The number of rotatable bonds is 0. The molecular weight excluding hydrogens is 326 g/mol. The van der Waals surface area contributed by atoms with Crippen LogP contribution < -0.4 is 11.1 Å². The first-order valence-corrected chi connectivity index (χ1v) is 8.35. The number of benzene rings is 3. The Morgan fingerprint density at radius 2 is 1.15 bits per heavy atom. The zero-order chi connectivity index (χ0) is 17.6. The average molecular weight is 337 g/mol. The van der Waals surface area contributed by atoms with E-state index in [9.17, 15) is 9.59 Å². The summed E-state index contributed by atoms with van der Waals surface area (Å²) in [5, 5.41) is 4.27. The van der Waals surface area contributed by atoms with Gasteiger partial charge >= 0.3 is 0 Å². The van der Waals surface area contributed by atoms with Gasteiger partial charge in [-0.1, -0.05) is 36.4 Å². The molecule has 5 nitrogen and oxygen atoms in total. The highest BCUT2D eigenvalue weighted by Gasteiger charge is 2.24. The Morgan fingerprint density at radius 3 is 1.81 bits per heavy atom. The summed E-state index contributed by atoms with van der Waals surface area (Å²) in [5.41, 5.74) is 2.34. The minimum absolute atomic E-state index is 0.290. The molecule has 122 valence electrons. The van der Waals surface area contributed by atoms with Gasteiger partial charge in [0.05, 0.1) is 32.8 Å². The smallest absolute Gasteiger partial charge is 0.263 e. The van der Waals surface area contributed by atoms with Gasteiger partial charge in [0.2, 0.25) is 0 Å². The summed E-state index contributed by atoms with van der Waals surface area (Å²) in [6.45, 7) is 0. The molecule has 0 atom stereocenters. The average Bonchev–Trinajstić information content (AvgIpc) is 3.28. The molecule has 0 amide bonds. The van der Waals surface area contributed by atoms with Crippen LogP contribution in [0.15, 0.2) is 58.1 Å². The predicted molar refractivity (Wildman–Crippen MR) is 103 cm³/mol. The number of nitrogens with zero attached hydrogens (tertiary/aromatic N) is 3. The molecule has 0 fully saturated rings. The zero-order valence-electron chi connectivity index (χ0n) is 13.8. The molecular formula is C21H11N3O2. The van der Waals surface area contributed by atoms with E-state index in [1.54, 1.807) is 0 Å². The highest BCUT2D eigenvalue weighted by Crippen LogP contribution is 2.39. The Kier molecular flexibility index (Phi) is 2.27. The molecule has 0 aliphatic rings. The fraction of sp³-hybridized carbons (Fsp3) is 0.0476. The largest absolute Gasteiger partial charge is 0.277 e. The van der Waals surface area contributed by atoms with Crippen molar-refractivity contribution in [3.63, 3.8) is 0 Å². The SMILES string of the molecule is Cn1c(=O)c2c3nc4ccccc4c3c3nc4ccccc4c3c2c1=O. The molecule has 0 bridgehead atoms. The maximum atomic E-state index is 12.9. The second kappa shape index (κ2) is 4.32. The molecule has 3 heterocycles. The summed E-state index contributed by atoms with van der Waals surface area (Å²) in [4.78, 5) is 35.2. The lowest BCUT2D eigenvalue weighted by Gasteiger charge is -1.97. The van der Waals surface area contributed by atoms with Crippen molar-refractivity contribution in [1.82, 2.24) is 14.5 Å². The summed E-state index contributed by atoms with van der Waals surface area (Å²) in [7, 11) is 1.52. The van der Waals surface area contributed by atoms with E-state index >= 15 is 0 Å². The zero-order valence-corrected chi connectivity index (χ0v) is 13.8. The molecule has 0 spiro atoms. The van der Waals surface area contributed by atoms with Crippen molar-refractivity contribution in [1.29, 1.82) is 0 Å². The van der Waals surface area contributed by atoms with Crippen LogP contribution in [-0.4, -0.2) is 14.5 Å². The van der Waals surface area contributed by atoms with E-state index in [2.05, 4.69) is 4.98 Å². The van der Waals surface area contributed by atoms with Gasteiger partial charge in [-0.25, -0.2) is 9.97 Å². The second-order valence-electron chi connectivity index (χ2n) is 6.62. The molecule has 0 saturated carbocycles. The maximum Gasteiger partial charge on any atom is 0.263 e. The molecule has 3 aromatic heterocycles. The molecule has 26 heavy (non-hydrogen) atoms. The van der Waals surface area contributed by atoms with Crippen molar-refractivity contribution in [2.24, 2.45) is 7.05 Å². The van der Waals surface area contributed by atoms with Gasteiger partial charge in [0.25, 0.3) is 11.1 Å². The third-order valence-corrected chi connectivity index (χ3v) is 5.30. The number of fused-ring (bicyclic) bond motifs is 10. The fourth-order valence-electron chi connectivity index (χ4n) is 4.12. The van der Waals surface area contributed by atoms with Crippen molar-refractivity contribution in [2.45, 2.75) is 0 Å². The standard InChI is InChI=1S/C21H11N3O2/c1-24-20(25)16-14-10-6-2-4-8-12(10)22-18(14)15-11-7-3-5-9-13(11)23-19(15)17(16)21(24)26/h2-9H,1H3. The minimum Gasteiger partial charge on any atom is -0.277 e. The van der Waals surface area contributed by atoms with Crippen molar-refractivity contribution in [3.8, 4) is 0 Å². The van der Waals surface area contributed by atoms with Gasteiger partial charge < -0.3 is 0 Å². The summed E-state index contributed by atoms with van der Waals surface area (Å²) >= 11 is 0. The summed E-state index contributed by atoms with van der Waals surface area (Å²) in [5.74, 6) is 0. The second-order valence-corrected chi connectivity index (χ2v) is 6.62. The first kappa shape index (κ1) is 13.7. The van der Waals surface area contributed by atoms with Crippen LogP contribution in [0.2, 0.25) is 0 Å². The van der Waals surface area contributed by atoms with Crippen LogP contribution in [-0.2, 0) is 7.05 Å². The highest BCUT2D eigenvalue weighted by molar-refractivity contribution is 6.35. The number of aromatic nitrogens is 3. The van der Waals surface area contributed by atoms with E-state index in [-0.39, 0.29) is 11.1 Å². The Morgan fingerprint density at radius 1 is 0.654 bits per heavy atom. The number of para-hydroxylation sites is 2. The molecule has 0 saturated heterocycles. The molecule has 3 aromatic carbocycles. The molecule has 6 rings (SSSR count). The molecule has 5 heteroatoms. The normalized spacial score (nSPS) is 12.3. The van der Waals surface area contributed by atoms with E-state index in [4.69, 9.17) is 4.98 Å². The van der Waals surface area contributed by atoms with Gasteiger partial charge in [-0.15, -0.1) is 0 Å². The fourth-order valence-corrected chi connectivity index (χ4v) is 4.12. The first-order chi connectivity index (χ1) is 12.7. The molecule has 0 aliphatic carbocycles. The summed E-state index contributed by atoms with van der Waals surface area (Å²) in [6, 6.07) is 15.5. The van der Waals surface area contributed by atoms with Crippen LogP contribution in [0.3, 0.4) is 0 Å². The first-order valence-electron chi connectivity index (χ1n) is 8.35. The monoisotopic (exact) mass is 337 g/mol. The molecule has 0 aliphatic heterocycles. The molecule has 0 N–H and O–H groups in total. The molecule has 0 unspecified atom stereocenters. The van der Waals surface area contributed by atoms with Gasteiger partial charge in [-0.05, 0) is 12.1 Å². The van der Waals surface area contributed by atoms with E-state index in [0.717, 1.165) is 38.1 Å². The predicted octanol–water partition coefficient (Wildman–Crippen LogP) is 3.18. The maximum absolute atomic E-state index is 12.9. The molecule has 0 radical (unpaired) electrons. The van der Waals surface area contributed by atoms with E-state index < -0.39 is 0 Å². The van der Waals surface area contributed by atoms with E-state index in [1.165, 1.54) is 11.6 Å². The molecule has 6 aromatic rings. The minimum atomic E-state index is -0.301. The Balaban J connectivity index is 2.15. The van der Waals surface area contributed by atoms with Crippen molar-refractivity contribution >= 4 is 54.4 Å². The van der Waals surface area contributed by atoms with Crippen LogP contribution >= 0.6 is 0 Å². The third-order valence-electron chi connectivity index (χ3n) is 5.30. The quantitative estimate of drug-likeness (QED) is 0.427. The lowest BCUT2D eigenvalue weighted by molar-refractivity contribution is 0.857. The summed E-state index contributed by atoms with van der Waals surface area (Å²) < 4.78 is 1.17. The highest BCUT2D eigenvalue weighted by atomic mass is 16.2. The van der Waals surface area contributed by atoms with Crippen LogP contribution in [0.4, 0.5) is 0 Å². The van der Waals surface area contributed by atoms with Gasteiger partial charge in [-0.3, -0.25) is 14.2 Å². The van der Waals surface area contributed by atoms with Crippen LogP contribution in [0.1, 0.15) is 0 Å². The van der Waals surface area contributed by atoms with E-state index in [1.807, 2.05) is 48.5 Å². The Bertz CT molecular complexity index is 1630. The van der Waals surface area contributed by atoms with E-state index in [0.29, 0.717) is 16.3 Å². The summed E-state index contributed by atoms with van der Waals surface area (Å²) in [6.07, 6.45) is 0. The topological polar surface area (TPSA) is 64.8 Å². The van der Waals surface area contributed by atoms with Gasteiger partial charge in [-0.2, -0.15) is 0 Å². The van der Waals surface area contributed by atoms with Gasteiger partial charge in [0.15, 0.2) is 0 Å². The Hall–Kier alpha value is -3.60. The van der Waals surface area contributed by atoms with Crippen molar-refractivity contribution in [2.75, 3.05) is 0 Å². The van der Waals surface area contributed by atoms with Crippen molar-refractivity contribution in [3.05, 3.63) is 69.2 Å². The van der Waals surface area contributed by atoms with Crippen molar-refractivity contribution < 1.29 is 0 Å².